The summed E-state index contributed by atoms with van der Waals surface area (Å²) in [6, 6.07) is 4.55. The number of carbonyl (C=O) groups is 1. The third-order valence-electron chi connectivity index (χ3n) is 4.15. The second kappa shape index (κ2) is 9.20. The second-order valence-electron chi connectivity index (χ2n) is 6.04. The lowest BCUT2D eigenvalue weighted by Crippen LogP contribution is -2.49. The van der Waals surface area contributed by atoms with E-state index in [1.54, 1.807) is 18.5 Å². The zero-order chi connectivity index (χ0) is 20.0. The average molecular weight is 412 g/mol. The van der Waals surface area contributed by atoms with Crippen molar-refractivity contribution in [2.75, 3.05) is 44.2 Å². The summed E-state index contributed by atoms with van der Waals surface area (Å²) in [7, 11) is 0. The quantitative estimate of drug-likeness (QED) is 0.728. The van der Waals surface area contributed by atoms with Gasteiger partial charge in [0, 0.05) is 69.6 Å². The standard InChI is InChI=1S/C17H19F3N6OS/c18-17(19,20)28-15-13(3-1-4-22-15)14(27)21-7-8-25-9-11-26(12-10-25)16-23-5-2-6-24-16/h1-6H,7-12H2,(H,21,27). The monoisotopic (exact) mass is 412 g/mol. The van der Waals surface area contributed by atoms with E-state index in [0.717, 1.165) is 26.2 Å². The number of alkyl halides is 3. The van der Waals surface area contributed by atoms with Gasteiger partial charge in [-0.2, -0.15) is 13.2 Å². The Morgan fingerprint density at radius 3 is 2.43 bits per heavy atom. The maximum atomic E-state index is 12.6. The topological polar surface area (TPSA) is 74.2 Å². The number of thioether (sulfide) groups is 1. The number of anilines is 1. The number of nitrogens with one attached hydrogen (secondary N) is 1. The molecule has 150 valence electrons. The van der Waals surface area contributed by atoms with Crippen LogP contribution in [0.5, 0.6) is 0 Å². The van der Waals surface area contributed by atoms with Crippen LogP contribution in [0.25, 0.3) is 0 Å². The first-order chi connectivity index (χ1) is 13.4. The summed E-state index contributed by atoms with van der Waals surface area (Å²) in [6.45, 7) is 4.06. The van der Waals surface area contributed by atoms with Crippen molar-refractivity contribution in [2.24, 2.45) is 0 Å². The molecule has 0 saturated carbocycles. The lowest BCUT2D eigenvalue weighted by Gasteiger charge is -2.34. The lowest BCUT2D eigenvalue weighted by molar-refractivity contribution is -0.0329. The fourth-order valence-electron chi connectivity index (χ4n) is 2.80. The Balaban J connectivity index is 1.45. The van der Waals surface area contributed by atoms with Gasteiger partial charge in [-0.05, 0) is 18.2 Å². The highest BCUT2D eigenvalue weighted by molar-refractivity contribution is 8.00. The molecule has 0 bridgehead atoms. The first-order valence-electron chi connectivity index (χ1n) is 8.66. The Bertz CT molecular complexity index is 784. The van der Waals surface area contributed by atoms with E-state index in [1.165, 1.54) is 18.3 Å². The number of amides is 1. The Labute approximate surface area is 164 Å². The molecule has 0 radical (unpaired) electrons. The summed E-state index contributed by atoms with van der Waals surface area (Å²) in [5.41, 5.74) is -4.57. The van der Waals surface area contributed by atoms with Gasteiger partial charge in [0.2, 0.25) is 5.95 Å². The zero-order valence-corrected chi connectivity index (χ0v) is 15.7. The Morgan fingerprint density at radius 1 is 1.07 bits per heavy atom. The van der Waals surface area contributed by atoms with Crippen LogP contribution in [0.15, 0.2) is 41.8 Å². The fourth-order valence-corrected chi connectivity index (χ4v) is 3.41. The van der Waals surface area contributed by atoms with Gasteiger partial charge in [-0.3, -0.25) is 9.69 Å². The minimum atomic E-state index is -4.49. The molecule has 0 unspecified atom stereocenters. The van der Waals surface area contributed by atoms with E-state index in [-0.39, 0.29) is 22.4 Å². The average Bonchev–Trinajstić information content (AvgIpc) is 2.68. The molecule has 1 aliphatic heterocycles. The van der Waals surface area contributed by atoms with Crippen LogP contribution in [-0.2, 0) is 0 Å². The fraction of sp³-hybridized carbons (Fsp3) is 0.412. The Morgan fingerprint density at radius 2 is 1.75 bits per heavy atom. The van der Waals surface area contributed by atoms with Crippen molar-refractivity contribution in [2.45, 2.75) is 10.5 Å². The van der Waals surface area contributed by atoms with E-state index in [0.29, 0.717) is 19.0 Å². The molecule has 3 rings (SSSR count). The molecule has 1 N–H and O–H groups in total. The highest BCUT2D eigenvalue weighted by atomic mass is 32.2. The van der Waals surface area contributed by atoms with E-state index in [1.807, 2.05) is 0 Å². The van der Waals surface area contributed by atoms with E-state index in [2.05, 4.69) is 30.1 Å². The van der Waals surface area contributed by atoms with Crippen molar-refractivity contribution in [3.8, 4) is 0 Å². The smallest absolute Gasteiger partial charge is 0.351 e. The van der Waals surface area contributed by atoms with Crippen molar-refractivity contribution in [3.63, 3.8) is 0 Å². The number of rotatable bonds is 6. The molecule has 0 atom stereocenters. The van der Waals surface area contributed by atoms with Crippen LogP contribution in [0.3, 0.4) is 0 Å². The molecule has 3 heterocycles. The molecule has 28 heavy (non-hydrogen) atoms. The summed E-state index contributed by atoms with van der Waals surface area (Å²) >= 11 is -0.384. The van der Waals surface area contributed by atoms with Crippen LogP contribution < -0.4 is 10.2 Å². The Kier molecular flexibility index (Phi) is 6.68. The van der Waals surface area contributed by atoms with Gasteiger partial charge in [0.15, 0.2) is 0 Å². The largest absolute Gasteiger partial charge is 0.447 e. The molecule has 0 aliphatic carbocycles. The van der Waals surface area contributed by atoms with E-state index in [4.69, 9.17) is 0 Å². The Hall–Kier alpha value is -2.40. The summed E-state index contributed by atoms with van der Waals surface area (Å²) in [4.78, 5) is 28.7. The van der Waals surface area contributed by atoms with Crippen LogP contribution in [0.2, 0.25) is 0 Å². The van der Waals surface area contributed by atoms with Crippen LogP contribution >= 0.6 is 11.8 Å². The number of hydrogen-bond donors (Lipinski definition) is 1. The van der Waals surface area contributed by atoms with E-state index >= 15 is 0 Å². The maximum Gasteiger partial charge on any atom is 0.447 e. The van der Waals surface area contributed by atoms with Crippen molar-refractivity contribution < 1.29 is 18.0 Å². The predicted octanol–water partition coefficient (Wildman–Crippen LogP) is 2.04. The van der Waals surface area contributed by atoms with Gasteiger partial charge in [0.1, 0.15) is 5.03 Å². The number of hydrogen-bond acceptors (Lipinski definition) is 7. The number of pyridine rings is 1. The minimum absolute atomic E-state index is 0.0733. The van der Waals surface area contributed by atoms with Crippen LogP contribution in [-0.4, -0.2) is 70.5 Å². The zero-order valence-electron chi connectivity index (χ0n) is 14.9. The number of halogens is 3. The van der Waals surface area contributed by atoms with Gasteiger partial charge in [0.05, 0.1) is 5.56 Å². The molecule has 2 aromatic heterocycles. The summed E-state index contributed by atoms with van der Waals surface area (Å²) < 4.78 is 37.8. The summed E-state index contributed by atoms with van der Waals surface area (Å²) in [5.74, 6) is 0.137. The van der Waals surface area contributed by atoms with Crippen molar-refractivity contribution in [3.05, 3.63) is 42.4 Å². The van der Waals surface area contributed by atoms with Crippen molar-refractivity contribution in [1.82, 2.24) is 25.2 Å². The summed E-state index contributed by atoms with van der Waals surface area (Å²) in [6.07, 6.45) is 4.64. The highest BCUT2D eigenvalue weighted by Crippen LogP contribution is 2.37. The number of aromatic nitrogens is 3. The van der Waals surface area contributed by atoms with E-state index in [9.17, 15) is 18.0 Å². The van der Waals surface area contributed by atoms with Gasteiger partial charge in [0.25, 0.3) is 5.91 Å². The number of nitrogens with zero attached hydrogens (tertiary/aromatic N) is 5. The van der Waals surface area contributed by atoms with Gasteiger partial charge < -0.3 is 10.2 Å². The summed E-state index contributed by atoms with van der Waals surface area (Å²) in [5, 5.41) is 2.33. The third-order valence-corrected chi connectivity index (χ3v) is 4.90. The molecule has 1 fully saturated rings. The molecule has 0 spiro atoms. The van der Waals surface area contributed by atoms with Gasteiger partial charge in [-0.1, -0.05) is 0 Å². The number of piperazine rings is 1. The molecular formula is C17H19F3N6OS. The second-order valence-corrected chi connectivity index (χ2v) is 7.09. The molecule has 2 aromatic rings. The third kappa shape index (κ3) is 5.80. The minimum Gasteiger partial charge on any atom is -0.351 e. The van der Waals surface area contributed by atoms with Crippen LogP contribution in [0.4, 0.5) is 19.1 Å². The first kappa shape index (κ1) is 20.3. The van der Waals surface area contributed by atoms with Crippen LogP contribution in [0.1, 0.15) is 10.4 Å². The predicted molar refractivity (Wildman–Crippen MR) is 99.2 cm³/mol. The highest BCUT2D eigenvalue weighted by Gasteiger charge is 2.32. The molecule has 0 aromatic carbocycles. The van der Waals surface area contributed by atoms with Crippen LogP contribution in [0, 0.1) is 0 Å². The van der Waals surface area contributed by atoms with Gasteiger partial charge in [-0.15, -0.1) is 0 Å². The molecule has 1 amide bonds. The molecule has 11 heteroatoms. The molecule has 7 nitrogen and oxygen atoms in total. The van der Waals surface area contributed by atoms with Gasteiger partial charge >= 0.3 is 5.51 Å². The first-order valence-corrected chi connectivity index (χ1v) is 9.47. The normalized spacial score (nSPS) is 15.5. The van der Waals surface area contributed by atoms with E-state index < -0.39 is 11.4 Å². The molecule has 1 saturated heterocycles. The van der Waals surface area contributed by atoms with Crippen molar-refractivity contribution in [1.29, 1.82) is 0 Å². The lowest BCUT2D eigenvalue weighted by atomic mass is 10.2. The van der Waals surface area contributed by atoms with Gasteiger partial charge in [-0.25, -0.2) is 15.0 Å². The molecular weight excluding hydrogens is 393 g/mol. The SMILES string of the molecule is O=C(NCCN1CCN(c2ncccn2)CC1)c1cccnc1SC(F)(F)F. The van der Waals surface area contributed by atoms with Crippen molar-refractivity contribution >= 4 is 23.6 Å². The molecule has 1 aliphatic rings. The maximum absolute atomic E-state index is 12.6. The number of carbonyl (C=O) groups excluding carboxylic acids is 1.